The highest BCUT2D eigenvalue weighted by molar-refractivity contribution is 5.70. The van der Waals surface area contributed by atoms with Crippen LogP contribution in [0.4, 0.5) is 10.3 Å². The summed E-state index contributed by atoms with van der Waals surface area (Å²) in [6, 6.07) is 6.63. The highest BCUT2D eigenvalue weighted by atomic mass is 19.1. The van der Waals surface area contributed by atoms with Crippen molar-refractivity contribution < 1.29 is 4.39 Å². The number of dihydropyridines is 1. The second-order valence-electron chi connectivity index (χ2n) is 4.36. The molecule has 0 atom stereocenters. The van der Waals surface area contributed by atoms with E-state index < -0.39 is 0 Å². The summed E-state index contributed by atoms with van der Waals surface area (Å²) >= 11 is 0. The lowest BCUT2D eigenvalue weighted by Crippen LogP contribution is -2.09. The van der Waals surface area contributed by atoms with Crippen molar-refractivity contribution in [2.45, 2.75) is 6.54 Å². The Labute approximate surface area is 115 Å². The van der Waals surface area contributed by atoms with Gasteiger partial charge in [0.1, 0.15) is 5.82 Å². The van der Waals surface area contributed by atoms with E-state index in [1.165, 1.54) is 6.07 Å². The van der Waals surface area contributed by atoms with Crippen LogP contribution < -0.4 is 10.6 Å². The Morgan fingerprint density at radius 2 is 2.20 bits per heavy atom. The Morgan fingerprint density at radius 1 is 1.30 bits per heavy atom. The average molecular weight is 271 g/mol. The number of aromatic amines is 1. The van der Waals surface area contributed by atoms with E-state index in [0.29, 0.717) is 23.9 Å². The average Bonchev–Trinajstić information content (AvgIpc) is 2.96. The summed E-state index contributed by atoms with van der Waals surface area (Å²) in [7, 11) is 0. The first-order chi connectivity index (χ1) is 9.83. The fraction of sp³-hybridized carbons (Fsp3) is 0.143. The molecule has 0 amide bonds. The summed E-state index contributed by atoms with van der Waals surface area (Å²) in [5.41, 5.74) is 1.51. The van der Waals surface area contributed by atoms with Crippen LogP contribution in [0.5, 0.6) is 0 Å². The normalized spacial score (nSPS) is 13.8. The van der Waals surface area contributed by atoms with Gasteiger partial charge in [0.15, 0.2) is 5.82 Å². The Morgan fingerprint density at radius 3 is 3.00 bits per heavy atom. The molecule has 2 heterocycles. The van der Waals surface area contributed by atoms with E-state index >= 15 is 0 Å². The van der Waals surface area contributed by atoms with Crippen LogP contribution in [0.15, 0.2) is 42.6 Å². The van der Waals surface area contributed by atoms with E-state index in [1.807, 2.05) is 18.4 Å². The van der Waals surface area contributed by atoms with Crippen LogP contribution in [0.1, 0.15) is 11.4 Å². The number of aromatic nitrogens is 3. The van der Waals surface area contributed by atoms with E-state index in [9.17, 15) is 4.39 Å². The zero-order chi connectivity index (χ0) is 13.8. The molecular formula is C14H14FN5. The molecule has 0 fully saturated rings. The van der Waals surface area contributed by atoms with Gasteiger partial charge in [-0.2, -0.15) is 4.98 Å². The zero-order valence-corrected chi connectivity index (χ0v) is 10.7. The smallest absolute Gasteiger partial charge is 0.242 e. The number of anilines is 1. The first kappa shape index (κ1) is 12.4. The molecular weight excluding hydrogens is 257 g/mol. The van der Waals surface area contributed by atoms with Crippen LogP contribution in [-0.4, -0.2) is 21.7 Å². The molecule has 0 saturated carbocycles. The fourth-order valence-electron chi connectivity index (χ4n) is 1.90. The number of H-pyrrole nitrogens is 1. The Bertz CT molecular complexity index is 659. The molecule has 3 N–H and O–H groups in total. The molecule has 0 aliphatic carbocycles. The Hall–Kier alpha value is -2.63. The van der Waals surface area contributed by atoms with Crippen LogP contribution in [0.2, 0.25) is 0 Å². The molecule has 2 aromatic rings. The number of allylic oxidation sites excluding steroid dienone is 2. The maximum Gasteiger partial charge on any atom is 0.242 e. The first-order valence-electron chi connectivity index (χ1n) is 6.33. The van der Waals surface area contributed by atoms with Crippen molar-refractivity contribution in [1.82, 2.24) is 20.5 Å². The van der Waals surface area contributed by atoms with Crippen LogP contribution in [-0.2, 0) is 6.54 Å². The molecule has 0 bridgehead atoms. The molecule has 0 spiro atoms. The minimum Gasteiger partial charge on any atom is -0.387 e. The highest BCUT2D eigenvalue weighted by Crippen LogP contribution is 2.14. The van der Waals surface area contributed by atoms with Gasteiger partial charge in [-0.05, 0) is 6.07 Å². The second kappa shape index (κ2) is 5.56. The van der Waals surface area contributed by atoms with E-state index in [-0.39, 0.29) is 5.82 Å². The molecule has 3 rings (SSSR count). The predicted octanol–water partition coefficient (Wildman–Crippen LogP) is 2.06. The van der Waals surface area contributed by atoms with Gasteiger partial charge in [-0.15, -0.1) is 5.10 Å². The van der Waals surface area contributed by atoms with E-state index in [4.69, 9.17) is 0 Å². The van der Waals surface area contributed by atoms with Crippen molar-refractivity contribution in [3.63, 3.8) is 0 Å². The maximum absolute atomic E-state index is 13.5. The van der Waals surface area contributed by atoms with Crippen LogP contribution in [0.3, 0.4) is 0 Å². The van der Waals surface area contributed by atoms with Crippen LogP contribution >= 0.6 is 0 Å². The quantitative estimate of drug-likeness (QED) is 0.796. The lowest BCUT2D eigenvalue weighted by molar-refractivity contribution is 0.612. The molecule has 1 aromatic heterocycles. The van der Waals surface area contributed by atoms with Gasteiger partial charge in [0.05, 0.1) is 0 Å². The van der Waals surface area contributed by atoms with Crippen molar-refractivity contribution >= 4 is 11.5 Å². The lowest BCUT2D eigenvalue weighted by atomic mass is 10.2. The molecule has 1 aliphatic rings. The minimum atomic E-state index is -0.238. The summed E-state index contributed by atoms with van der Waals surface area (Å²) in [6.45, 7) is 1.16. The summed E-state index contributed by atoms with van der Waals surface area (Å²) < 4.78 is 13.5. The van der Waals surface area contributed by atoms with Crippen LogP contribution in [0.25, 0.3) is 5.57 Å². The number of rotatable bonds is 4. The van der Waals surface area contributed by atoms with Gasteiger partial charge < -0.3 is 10.6 Å². The predicted molar refractivity (Wildman–Crippen MR) is 75.2 cm³/mol. The molecule has 1 aromatic carbocycles. The summed E-state index contributed by atoms with van der Waals surface area (Å²) in [4.78, 5) is 4.32. The van der Waals surface area contributed by atoms with Crippen molar-refractivity contribution in [1.29, 1.82) is 0 Å². The molecule has 0 saturated heterocycles. The molecule has 1 aliphatic heterocycles. The van der Waals surface area contributed by atoms with Crippen molar-refractivity contribution in [3.8, 4) is 0 Å². The third-order valence-corrected chi connectivity index (χ3v) is 2.94. The Balaban J connectivity index is 1.67. The summed E-state index contributed by atoms with van der Waals surface area (Å²) in [5, 5.41) is 13.0. The van der Waals surface area contributed by atoms with Crippen molar-refractivity contribution in [2.75, 3.05) is 11.9 Å². The molecule has 5 nitrogen and oxygen atoms in total. The van der Waals surface area contributed by atoms with Gasteiger partial charge in [-0.25, -0.2) is 4.39 Å². The lowest BCUT2D eigenvalue weighted by Gasteiger charge is -2.05. The largest absolute Gasteiger partial charge is 0.387 e. The number of hydrogen-bond donors (Lipinski definition) is 3. The van der Waals surface area contributed by atoms with E-state index in [0.717, 1.165) is 12.1 Å². The topological polar surface area (TPSA) is 65.6 Å². The molecule has 0 radical (unpaired) electrons. The van der Waals surface area contributed by atoms with Gasteiger partial charge in [0, 0.05) is 30.4 Å². The van der Waals surface area contributed by atoms with Gasteiger partial charge in [0.25, 0.3) is 0 Å². The number of nitrogens with zero attached hydrogens (tertiary/aromatic N) is 2. The fourth-order valence-corrected chi connectivity index (χ4v) is 1.90. The third-order valence-electron chi connectivity index (χ3n) is 2.94. The van der Waals surface area contributed by atoms with Gasteiger partial charge in [0.2, 0.25) is 5.95 Å². The van der Waals surface area contributed by atoms with Crippen molar-refractivity contribution in [2.24, 2.45) is 0 Å². The molecule has 20 heavy (non-hydrogen) atoms. The number of hydrogen-bond acceptors (Lipinski definition) is 4. The second-order valence-corrected chi connectivity index (χ2v) is 4.36. The molecule has 0 unspecified atom stereocenters. The number of nitrogens with one attached hydrogen (secondary N) is 3. The number of benzene rings is 1. The van der Waals surface area contributed by atoms with Crippen LogP contribution in [0, 0.1) is 5.82 Å². The maximum atomic E-state index is 13.5. The van der Waals surface area contributed by atoms with Crippen molar-refractivity contribution in [3.05, 3.63) is 59.8 Å². The Kier molecular flexibility index (Phi) is 3.45. The minimum absolute atomic E-state index is 0.238. The van der Waals surface area contributed by atoms with E-state index in [1.54, 1.807) is 18.2 Å². The molecule has 102 valence electrons. The van der Waals surface area contributed by atoms with Gasteiger partial charge >= 0.3 is 0 Å². The highest BCUT2D eigenvalue weighted by Gasteiger charge is 2.08. The third kappa shape index (κ3) is 2.69. The monoisotopic (exact) mass is 271 g/mol. The molecule has 6 heteroatoms. The summed E-state index contributed by atoms with van der Waals surface area (Å²) in [6.07, 6.45) is 5.85. The van der Waals surface area contributed by atoms with Gasteiger partial charge in [-0.3, -0.25) is 5.10 Å². The first-order valence-corrected chi connectivity index (χ1v) is 6.33. The summed E-state index contributed by atoms with van der Waals surface area (Å²) in [5.74, 6) is 0.880. The number of halogens is 1. The van der Waals surface area contributed by atoms with Gasteiger partial charge in [-0.1, -0.05) is 30.4 Å². The standard InChI is InChI=1S/C14H14FN5/c15-12-6-2-1-4-10(12)9-17-14-18-13(19-20-14)11-5-3-7-16-8-11/h1-6,8,16H,7,9H2,(H2,17,18,19,20). The van der Waals surface area contributed by atoms with E-state index in [2.05, 4.69) is 25.8 Å². The SMILES string of the molecule is Fc1ccccc1CNc1n[nH]c(C2=CNCC=C2)n1. The zero-order valence-electron chi connectivity index (χ0n) is 10.7.